The van der Waals surface area contributed by atoms with Crippen molar-refractivity contribution in [1.29, 1.82) is 0 Å². The number of hydrogen-bond donors (Lipinski definition) is 1. The van der Waals surface area contributed by atoms with Gasteiger partial charge in [-0.3, -0.25) is 4.79 Å². The molecule has 2 fully saturated rings. The molecule has 68 heavy (non-hydrogen) atoms. The van der Waals surface area contributed by atoms with E-state index in [4.69, 9.17) is 47.4 Å². The fourth-order valence-electron chi connectivity index (χ4n) is 8.33. The number of aliphatic hydroxyl groups is 1. The summed E-state index contributed by atoms with van der Waals surface area (Å²) in [5.41, 5.74) is 5.56. The molecule has 2 aliphatic rings. The Balaban J connectivity index is 1.11. The molecule has 8 rings (SSSR count). The van der Waals surface area contributed by atoms with Crippen LogP contribution in [0.1, 0.15) is 40.3 Å². The van der Waals surface area contributed by atoms with Gasteiger partial charge in [0.1, 0.15) is 42.7 Å². The predicted molar refractivity (Wildman–Crippen MR) is 252 cm³/mol. The Kier molecular flexibility index (Phi) is 18.4. The lowest BCUT2D eigenvalue weighted by Gasteiger charge is -2.47. The molecule has 6 aromatic carbocycles. The van der Waals surface area contributed by atoms with Crippen molar-refractivity contribution in [2.24, 2.45) is 0 Å². The van der Waals surface area contributed by atoms with Crippen molar-refractivity contribution in [2.45, 2.75) is 108 Å². The Hall–Kier alpha value is -5.61. The number of ether oxygens (including phenoxy) is 10. The maximum Gasteiger partial charge on any atom is 0.303 e. The molecule has 0 spiro atoms. The zero-order valence-corrected chi connectivity index (χ0v) is 38.2. The summed E-state index contributed by atoms with van der Waals surface area (Å²) in [6.07, 6.45) is -9.72. The second kappa shape index (κ2) is 25.7. The van der Waals surface area contributed by atoms with E-state index in [1.165, 1.54) is 6.92 Å². The zero-order chi connectivity index (χ0) is 46.8. The summed E-state index contributed by atoms with van der Waals surface area (Å²) in [7, 11) is 0. The van der Waals surface area contributed by atoms with Gasteiger partial charge >= 0.3 is 5.97 Å². The van der Waals surface area contributed by atoms with Gasteiger partial charge in [0.25, 0.3) is 0 Å². The molecule has 12 nitrogen and oxygen atoms in total. The minimum absolute atomic E-state index is 0.0284. The van der Waals surface area contributed by atoms with Crippen molar-refractivity contribution in [3.05, 3.63) is 215 Å². The van der Waals surface area contributed by atoms with Gasteiger partial charge < -0.3 is 52.5 Å². The lowest BCUT2D eigenvalue weighted by Crippen LogP contribution is -2.64. The lowest BCUT2D eigenvalue weighted by atomic mass is 9.97. The molecule has 0 radical (unpaired) electrons. The van der Waals surface area contributed by atoms with E-state index in [9.17, 15) is 9.90 Å². The van der Waals surface area contributed by atoms with Crippen LogP contribution in [0.2, 0.25) is 0 Å². The molecule has 12 heteroatoms. The average molecular weight is 925 g/mol. The molecule has 2 heterocycles. The van der Waals surface area contributed by atoms with E-state index >= 15 is 0 Å². The molecule has 356 valence electrons. The van der Waals surface area contributed by atoms with E-state index in [0.29, 0.717) is 0 Å². The van der Waals surface area contributed by atoms with Crippen molar-refractivity contribution in [2.75, 3.05) is 13.2 Å². The Morgan fingerprint density at radius 2 is 0.735 bits per heavy atom. The van der Waals surface area contributed by atoms with Gasteiger partial charge in [-0.1, -0.05) is 182 Å². The smallest absolute Gasteiger partial charge is 0.303 e. The van der Waals surface area contributed by atoms with E-state index in [1.807, 2.05) is 182 Å². The maximum absolute atomic E-state index is 12.9. The van der Waals surface area contributed by atoms with Gasteiger partial charge in [0.2, 0.25) is 0 Å². The molecule has 1 N–H and O–H groups in total. The monoisotopic (exact) mass is 924 g/mol. The lowest BCUT2D eigenvalue weighted by molar-refractivity contribution is -0.346. The van der Waals surface area contributed by atoms with Crippen LogP contribution in [0, 0.1) is 0 Å². The van der Waals surface area contributed by atoms with Gasteiger partial charge in [-0.25, -0.2) is 0 Å². The zero-order valence-electron chi connectivity index (χ0n) is 38.2. The average Bonchev–Trinajstić information content (AvgIpc) is 3.38. The summed E-state index contributed by atoms with van der Waals surface area (Å²) < 4.78 is 65.9. The Morgan fingerprint density at radius 3 is 1.15 bits per heavy atom. The fraction of sp³-hybridized carbons (Fsp3) is 0.339. The third-order valence-corrected chi connectivity index (χ3v) is 11.7. The van der Waals surface area contributed by atoms with Crippen LogP contribution in [0.4, 0.5) is 0 Å². The van der Waals surface area contributed by atoms with Crippen molar-refractivity contribution in [1.82, 2.24) is 0 Å². The molecule has 6 aromatic rings. The van der Waals surface area contributed by atoms with E-state index in [2.05, 4.69) is 0 Å². The number of hydrogen-bond acceptors (Lipinski definition) is 12. The number of esters is 1. The van der Waals surface area contributed by atoms with E-state index in [0.717, 1.165) is 33.4 Å². The first-order valence-electron chi connectivity index (χ1n) is 23.1. The highest BCUT2D eigenvalue weighted by Crippen LogP contribution is 2.34. The first-order valence-corrected chi connectivity index (χ1v) is 23.1. The summed E-state index contributed by atoms with van der Waals surface area (Å²) in [4.78, 5) is 12.9. The maximum atomic E-state index is 12.9. The van der Waals surface area contributed by atoms with Crippen molar-refractivity contribution < 1.29 is 57.3 Å². The minimum atomic E-state index is -1.43. The number of aliphatic hydroxyl groups excluding tert-OH is 1. The molecular weight excluding hydrogens is 865 g/mol. The van der Waals surface area contributed by atoms with E-state index in [1.54, 1.807) is 0 Å². The van der Waals surface area contributed by atoms with Crippen LogP contribution in [0.3, 0.4) is 0 Å². The largest absolute Gasteiger partial charge is 0.457 e. The van der Waals surface area contributed by atoms with E-state index < -0.39 is 67.4 Å². The van der Waals surface area contributed by atoms with Crippen LogP contribution in [-0.4, -0.2) is 85.7 Å². The summed E-state index contributed by atoms with van der Waals surface area (Å²) in [6, 6.07) is 58.6. The van der Waals surface area contributed by atoms with E-state index in [-0.39, 0.29) is 52.9 Å². The second-order valence-corrected chi connectivity index (χ2v) is 16.8. The molecule has 0 saturated carbocycles. The summed E-state index contributed by atoms with van der Waals surface area (Å²) in [6.45, 7) is 2.48. The van der Waals surface area contributed by atoms with Crippen molar-refractivity contribution in [3.63, 3.8) is 0 Å². The number of rotatable bonds is 23. The standard InChI is InChI=1S/C56H60O12/c1-40(57)66-50-47(38-59-32-41-20-8-2-9-21-41)68-56(54(64-37-46-30-18-7-19-31-46)52(50)62-35-44-26-14-5-15-27-44)65-39-48-49(60-33-42-22-10-3-11-23-42)51(61-34-43-24-12-4-13-25-43)53(55(58)67-48)63-36-45-28-16-6-17-29-45/h2-31,47-56,58H,32-39H2,1H3/t47-,48-,49-,50-,51+,52+,53-,54+,55+,56-/m1/s1. The third kappa shape index (κ3) is 14.2. The fourth-order valence-corrected chi connectivity index (χ4v) is 8.33. The Labute approximate surface area is 398 Å². The van der Waals surface area contributed by atoms with Gasteiger partial charge in [-0.2, -0.15) is 0 Å². The Morgan fingerprint density at radius 1 is 0.397 bits per heavy atom. The van der Waals surface area contributed by atoms with Gasteiger partial charge in [0.15, 0.2) is 18.7 Å². The minimum Gasteiger partial charge on any atom is -0.457 e. The highest BCUT2D eigenvalue weighted by molar-refractivity contribution is 5.66. The molecule has 10 atom stereocenters. The molecular formula is C56H60O12. The number of carbonyl (C=O) groups excluding carboxylic acids is 1. The first-order chi connectivity index (χ1) is 33.5. The van der Waals surface area contributed by atoms with Crippen molar-refractivity contribution >= 4 is 5.97 Å². The van der Waals surface area contributed by atoms with Gasteiger partial charge in [-0.05, 0) is 33.4 Å². The second-order valence-electron chi connectivity index (χ2n) is 16.8. The van der Waals surface area contributed by atoms with Gasteiger partial charge in [0, 0.05) is 6.92 Å². The quantitative estimate of drug-likeness (QED) is 0.0619. The first kappa shape index (κ1) is 48.8. The predicted octanol–water partition coefficient (Wildman–Crippen LogP) is 8.52. The van der Waals surface area contributed by atoms with Crippen LogP contribution in [0.15, 0.2) is 182 Å². The van der Waals surface area contributed by atoms with Crippen LogP contribution in [0.5, 0.6) is 0 Å². The van der Waals surface area contributed by atoms with Crippen LogP contribution >= 0.6 is 0 Å². The topological polar surface area (TPSA) is 130 Å². The molecule has 2 saturated heterocycles. The molecule has 0 bridgehead atoms. The van der Waals surface area contributed by atoms with Crippen LogP contribution in [-0.2, 0) is 91.8 Å². The molecule has 0 aromatic heterocycles. The number of benzene rings is 6. The SMILES string of the molecule is CC(=O)O[C@H]1[C@H](OCc2ccccc2)[C@H](OCc2ccccc2)[C@H](OC[C@H]2O[C@H](O)[C@H](OCc3ccccc3)[C@@H](OCc3ccccc3)[C@@H]2OCc2ccccc2)O[C@@H]1COCc1ccccc1. The van der Waals surface area contributed by atoms with Crippen LogP contribution in [0.25, 0.3) is 0 Å². The summed E-state index contributed by atoms with van der Waals surface area (Å²) in [5.74, 6) is -0.519. The summed E-state index contributed by atoms with van der Waals surface area (Å²) in [5, 5.41) is 11.9. The van der Waals surface area contributed by atoms with Crippen LogP contribution < -0.4 is 0 Å². The summed E-state index contributed by atoms with van der Waals surface area (Å²) >= 11 is 0. The Bertz CT molecular complexity index is 2330. The highest BCUT2D eigenvalue weighted by Gasteiger charge is 2.52. The highest BCUT2D eigenvalue weighted by atomic mass is 16.7. The molecule has 0 amide bonds. The number of carbonyl (C=O) groups is 1. The van der Waals surface area contributed by atoms with Gasteiger partial charge in [0.05, 0.1) is 52.9 Å². The molecule has 2 aliphatic heterocycles. The normalized spacial score (nSPS) is 24.9. The van der Waals surface area contributed by atoms with Gasteiger partial charge in [-0.15, -0.1) is 0 Å². The van der Waals surface area contributed by atoms with Crippen molar-refractivity contribution in [3.8, 4) is 0 Å². The molecule has 0 unspecified atom stereocenters. The molecule has 0 aliphatic carbocycles. The third-order valence-electron chi connectivity index (χ3n) is 11.7.